The third-order valence-corrected chi connectivity index (χ3v) is 4.12. The van der Waals surface area contributed by atoms with Gasteiger partial charge in [0.25, 0.3) is 0 Å². The number of halogens is 1. The van der Waals surface area contributed by atoms with Gasteiger partial charge in [0.2, 0.25) is 0 Å². The molecule has 0 heterocycles. The van der Waals surface area contributed by atoms with Crippen molar-refractivity contribution in [1.82, 2.24) is 0 Å². The molecule has 0 amide bonds. The predicted octanol–water partition coefficient (Wildman–Crippen LogP) is 4.46. The molecule has 0 atom stereocenters. The summed E-state index contributed by atoms with van der Waals surface area (Å²) in [7, 11) is 1.65. The maximum atomic E-state index is 9.39. The van der Waals surface area contributed by atoms with Crippen LogP contribution in [0.25, 0.3) is 0 Å². The summed E-state index contributed by atoms with van der Waals surface area (Å²) in [5, 5.41) is 9.39. The van der Waals surface area contributed by atoms with Crippen molar-refractivity contribution in [3.63, 3.8) is 0 Å². The molecule has 0 aliphatic heterocycles. The molecule has 0 aromatic heterocycles. The number of aromatic hydroxyl groups is 1. The van der Waals surface area contributed by atoms with Crippen molar-refractivity contribution in [3.8, 4) is 11.5 Å². The fraction of sp³-hybridized carbons (Fsp3) is 0.143. The Labute approximate surface area is 119 Å². The first kappa shape index (κ1) is 13.3. The van der Waals surface area contributed by atoms with Crippen molar-refractivity contribution in [1.29, 1.82) is 0 Å². The summed E-state index contributed by atoms with van der Waals surface area (Å²) in [6, 6.07) is 13.3. The number of thioether (sulfide) groups is 1. The van der Waals surface area contributed by atoms with E-state index in [4.69, 9.17) is 4.74 Å². The van der Waals surface area contributed by atoms with Crippen molar-refractivity contribution < 1.29 is 9.84 Å². The molecule has 0 spiro atoms. The SMILES string of the molecule is COc1ccc(CSc2cccc(O)c2)cc1Br. The second-order valence-corrected chi connectivity index (χ2v) is 5.66. The molecule has 4 heteroatoms. The molecule has 2 rings (SSSR count). The molecule has 2 aromatic rings. The lowest BCUT2D eigenvalue weighted by molar-refractivity contribution is 0.412. The average Bonchev–Trinajstić information content (AvgIpc) is 2.37. The number of benzene rings is 2. The first-order chi connectivity index (χ1) is 8.69. The second-order valence-electron chi connectivity index (χ2n) is 3.75. The Bertz CT molecular complexity index is 543. The van der Waals surface area contributed by atoms with Crippen molar-refractivity contribution >= 4 is 27.7 Å². The minimum atomic E-state index is 0.302. The van der Waals surface area contributed by atoms with E-state index in [0.29, 0.717) is 5.75 Å². The fourth-order valence-electron chi connectivity index (χ4n) is 1.54. The number of phenolic OH excluding ortho intramolecular Hbond substituents is 1. The van der Waals surface area contributed by atoms with Crippen molar-refractivity contribution in [2.24, 2.45) is 0 Å². The zero-order chi connectivity index (χ0) is 13.0. The third kappa shape index (κ3) is 3.43. The van der Waals surface area contributed by atoms with Crippen LogP contribution in [0.1, 0.15) is 5.56 Å². The van der Waals surface area contributed by atoms with Gasteiger partial charge in [0, 0.05) is 10.6 Å². The van der Waals surface area contributed by atoms with Crippen LogP contribution >= 0.6 is 27.7 Å². The highest BCUT2D eigenvalue weighted by Crippen LogP contribution is 2.30. The molecule has 0 aliphatic carbocycles. The lowest BCUT2D eigenvalue weighted by Crippen LogP contribution is -1.86. The minimum absolute atomic E-state index is 0.302. The Morgan fingerprint density at radius 3 is 2.72 bits per heavy atom. The highest BCUT2D eigenvalue weighted by atomic mass is 79.9. The van der Waals surface area contributed by atoms with Crippen LogP contribution in [0.2, 0.25) is 0 Å². The summed E-state index contributed by atoms with van der Waals surface area (Å²) in [5.41, 5.74) is 1.20. The minimum Gasteiger partial charge on any atom is -0.508 e. The molecule has 1 N–H and O–H groups in total. The van der Waals surface area contributed by atoms with E-state index in [-0.39, 0.29) is 0 Å². The highest BCUT2D eigenvalue weighted by Gasteiger charge is 2.02. The standard InChI is InChI=1S/C14H13BrO2S/c1-17-14-6-5-10(7-13(14)15)9-18-12-4-2-3-11(16)8-12/h2-8,16H,9H2,1H3. The van der Waals surface area contributed by atoms with E-state index in [1.165, 1.54) is 5.56 Å². The van der Waals surface area contributed by atoms with Crippen LogP contribution in [0.5, 0.6) is 11.5 Å². The quantitative estimate of drug-likeness (QED) is 0.842. The molecule has 94 valence electrons. The first-order valence-corrected chi connectivity index (χ1v) is 7.21. The fourth-order valence-corrected chi connectivity index (χ4v) is 3.02. The molecule has 0 aliphatic rings. The van der Waals surface area contributed by atoms with E-state index in [9.17, 15) is 5.11 Å². The van der Waals surface area contributed by atoms with Gasteiger partial charge in [-0.25, -0.2) is 0 Å². The molecule has 0 saturated heterocycles. The van der Waals surface area contributed by atoms with Gasteiger partial charge in [0.05, 0.1) is 11.6 Å². The van der Waals surface area contributed by atoms with Gasteiger partial charge in [-0.3, -0.25) is 0 Å². The summed E-state index contributed by atoms with van der Waals surface area (Å²) in [6.07, 6.45) is 0. The van der Waals surface area contributed by atoms with Crippen molar-refractivity contribution in [2.75, 3.05) is 7.11 Å². The van der Waals surface area contributed by atoms with Gasteiger partial charge in [-0.1, -0.05) is 12.1 Å². The molecular formula is C14H13BrO2S. The van der Waals surface area contributed by atoms with E-state index in [0.717, 1.165) is 20.9 Å². The maximum absolute atomic E-state index is 9.39. The number of ether oxygens (including phenoxy) is 1. The Morgan fingerprint density at radius 2 is 2.06 bits per heavy atom. The molecule has 0 radical (unpaired) electrons. The second kappa shape index (κ2) is 6.16. The molecule has 2 nitrogen and oxygen atoms in total. The third-order valence-electron chi connectivity index (χ3n) is 2.44. The van der Waals surface area contributed by atoms with E-state index < -0.39 is 0 Å². The Morgan fingerprint density at radius 1 is 1.22 bits per heavy atom. The first-order valence-electron chi connectivity index (χ1n) is 5.43. The summed E-state index contributed by atoms with van der Waals surface area (Å²) in [4.78, 5) is 1.06. The average molecular weight is 325 g/mol. The van der Waals surface area contributed by atoms with Gasteiger partial charge in [-0.15, -0.1) is 11.8 Å². The lowest BCUT2D eigenvalue weighted by Gasteiger charge is -2.06. The van der Waals surface area contributed by atoms with E-state index in [1.54, 1.807) is 31.0 Å². The van der Waals surface area contributed by atoms with Crippen LogP contribution in [-0.4, -0.2) is 12.2 Å². The summed E-state index contributed by atoms with van der Waals surface area (Å²) < 4.78 is 6.15. The summed E-state index contributed by atoms with van der Waals surface area (Å²) >= 11 is 5.16. The monoisotopic (exact) mass is 324 g/mol. The van der Waals surface area contributed by atoms with Crippen LogP contribution in [-0.2, 0) is 5.75 Å². The van der Waals surface area contributed by atoms with Gasteiger partial charge < -0.3 is 9.84 Å². The zero-order valence-electron chi connectivity index (χ0n) is 9.89. The number of rotatable bonds is 4. The van der Waals surface area contributed by atoms with Crippen LogP contribution < -0.4 is 4.74 Å². The summed E-state index contributed by atoms with van der Waals surface area (Å²) in [5.74, 6) is 1.99. The van der Waals surface area contributed by atoms with Crippen LogP contribution in [0.15, 0.2) is 51.8 Å². The molecule has 2 aromatic carbocycles. The highest BCUT2D eigenvalue weighted by molar-refractivity contribution is 9.10. The van der Waals surface area contributed by atoms with Crippen molar-refractivity contribution in [2.45, 2.75) is 10.6 Å². The zero-order valence-corrected chi connectivity index (χ0v) is 12.3. The van der Waals surface area contributed by atoms with E-state index >= 15 is 0 Å². The van der Waals surface area contributed by atoms with E-state index in [2.05, 4.69) is 22.0 Å². The topological polar surface area (TPSA) is 29.5 Å². The van der Waals surface area contributed by atoms with Crippen LogP contribution in [0.4, 0.5) is 0 Å². The van der Waals surface area contributed by atoms with Crippen molar-refractivity contribution in [3.05, 3.63) is 52.5 Å². The summed E-state index contributed by atoms with van der Waals surface area (Å²) in [6.45, 7) is 0. The molecule has 0 saturated carbocycles. The molecule has 0 fully saturated rings. The normalized spacial score (nSPS) is 10.3. The van der Waals surface area contributed by atoms with Gasteiger partial charge >= 0.3 is 0 Å². The maximum Gasteiger partial charge on any atom is 0.133 e. The lowest BCUT2D eigenvalue weighted by atomic mass is 10.2. The Hall–Kier alpha value is -1.13. The molecule has 18 heavy (non-hydrogen) atoms. The van der Waals surface area contributed by atoms with E-state index in [1.807, 2.05) is 24.3 Å². The van der Waals surface area contributed by atoms with Gasteiger partial charge in [-0.05, 0) is 51.8 Å². The largest absolute Gasteiger partial charge is 0.508 e. The molecular weight excluding hydrogens is 312 g/mol. The van der Waals surface area contributed by atoms with Gasteiger partial charge in [0.1, 0.15) is 11.5 Å². The Balaban J connectivity index is 2.04. The van der Waals surface area contributed by atoms with Crippen LogP contribution in [0, 0.1) is 0 Å². The Kier molecular flexibility index (Phi) is 4.55. The number of phenols is 1. The molecule has 0 bridgehead atoms. The predicted molar refractivity (Wildman–Crippen MR) is 78.4 cm³/mol. The van der Waals surface area contributed by atoms with Gasteiger partial charge in [-0.2, -0.15) is 0 Å². The van der Waals surface area contributed by atoms with Gasteiger partial charge in [0.15, 0.2) is 0 Å². The number of hydrogen-bond acceptors (Lipinski definition) is 3. The smallest absolute Gasteiger partial charge is 0.133 e. The number of hydrogen-bond donors (Lipinski definition) is 1. The molecule has 0 unspecified atom stereocenters. The van der Waals surface area contributed by atoms with Crippen LogP contribution in [0.3, 0.4) is 0 Å². The number of methoxy groups -OCH3 is 1.